The van der Waals surface area contributed by atoms with Crippen LogP contribution in [-0.2, 0) is 4.79 Å². The number of amides is 1. The zero-order chi connectivity index (χ0) is 15.2. The first-order valence-corrected chi connectivity index (χ1v) is 8.23. The van der Waals surface area contributed by atoms with Crippen LogP contribution in [0.3, 0.4) is 0 Å². The van der Waals surface area contributed by atoms with Crippen molar-refractivity contribution < 1.29 is 4.79 Å². The van der Waals surface area contributed by atoms with Crippen molar-refractivity contribution in [2.24, 2.45) is 17.8 Å². The molecule has 2 N–H and O–H groups in total. The van der Waals surface area contributed by atoms with Crippen molar-refractivity contribution in [2.45, 2.75) is 39.7 Å². The first-order valence-electron chi connectivity index (χ1n) is 8.23. The Balaban J connectivity index is 0.00000242. The highest BCUT2D eigenvalue weighted by Gasteiger charge is 2.31. The first-order chi connectivity index (χ1) is 10.2. The van der Waals surface area contributed by atoms with Crippen molar-refractivity contribution >= 4 is 18.3 Å². The highest BCUT2D eigenvalue weighted by atomic mass is 35.5. The monoisotopic (exact) mass is 324 g/mol. The Kier molecular flexibility index (Phi) is 7.91. The van der Waals surface area contributed by atoms with Crippen molar-refractivity contribution in [3.05, 3.63) is 35.9 Å². The Morgan fingerprint density at radius 3 is 2.27 bits per heavy atom. The van der Waals surface area contributed by atoms with E-state index in [0.29, 0.717) is 11.8 Å². The molecule has 1 amide bonds. The summed E-state index contributed by atoms with van der Waals surface area (Å²) in [4.78, 5) is 12.6. The Hall–Kier alpha value is -1.06. The molecule has 0 aliphatic carbocycles. The molecule has 1 aliphatic heterocycles. The van der Waals surface area contributed by atoms with Gasteiger partial charge in [0.05, 0.1) is 6.04 Å². The molecule has 1 heterocycles. The zero-order valence-electron chi connectivity index (χ0n) is 13.8. The van der Waals surface area contributed by atoms with E-state index in [1.807, 2.05) is 6.07 Å². The van der Waals surface area contributed by atoms with Gasteiger partial charge in [-0.1, -0.05) is 63.9 Å². The summed E-state index contributed by atoms with van der Waals surface area (Å²) in [5, 5.41) is 6.56. The molecule has 2 unspecified atom stereocenters. The molecule has 2 rings (SSSR count). The number of benzene rings is 1. The van der Waals surface area contributed by atoms with Crippen LogP contribution in [0.25, 0.3) is 0 Å². The van der Waals surface area contributed by atoms with Crippen molar-refractivity contribution in [3.8, 4) is 0 Å². The molecule has 0 spiro atoms. The molecule has 1 aromatic rings. The molecule has 124 valence electrons. The molecule has 1 fully saturated rings. The minimum Gasteiger partial charge on any atom is -0.349 e. The highest BCUT2D eigenvalue weighted by molar-refractivity contribution is 5.85. The summed E-state index contributed by atoms with van der Waals surface area (Å²) in [6, 6.07) is 10.5. The number of rotatable bonds is 7. The predicted molar refractivity (Wildman–Crippen MR) is 94.2 cm³/mol. The summed E-state index contributed by atoms with van der Waals surface area (Å²) in [6.45, 7) is 8.39. The van der Waals surface area contributed by atoms with Crippen LogP contribution < -0.4 is 10.6 Å². The van der Waals surface area contributed by atoms with Crippen LogP contribution in [0.4, 0.5) is 0 Å². The molecule has 1 aromatic carbocycles. The van der Waals surface area contributed by atoms with Crippen LogP contribution in [0.15, 0.2) is 30.3 Å². The van der Waals surface area contributed by atoms with E-state index in [0.717, 1.165) is 25.9 Å². The third kappa shape index (κ3) is 4.47. The van der Waals surface area contributed by atoms with Gasteiger partial charge in [-0.05, 0) is 30.5 Å². The predicted octanol–water partition coefficient (Wildman–Crippen LogP) is 3.56. The molecule has 22 heavy (non-hydrogen) atoms. The van der Waals surface area contributed by atoms with E-state index in [1.54, 1.807) is 0 Å². The molecule has 0 radical (unpaired) electrons. The lowest BCUT2D eigenvalue weighted by atomic mass is 9.85. The van der Waals surface area contributed by atoms with E-state index in [2.05, 4.69) is 55.7 Å². The molecule has 1 saturated heterocycles. The van der Waals surface area contributed by atoms with E-state index in [-0.39, 0.29) is 30.3 Å². The highest BCUT2D eigenvalue weighted by Crippen LogP contribution is 2.28. The van der Waals surface area contributed by atoms with Gasteiger partial charge in [-0.3, -0.25) is 4.79 Å². The molecule has 0 bridgehead atoms. The summed E-state index contributed by atoms with van der Waals surface area (Å²) in [5.74, 6) is 1.26. The standard InChI is InChI=1S/C18H28N2O.ClH/c1-4-14(5-2)17(15-9-7-6-8-10-15)20-18(21)13(3)16-11-19-12-16;/h6-10,13-14,16-17,19H,4-5,11-12H2,1-3H3,(H,20,21);1H. The van der Waals surface area contributed by atoms with Gasteiger partial charge in [0, 0.05) is 5.92 Å². The van der Waals surface area contributed by atoms with Crippen molar-refractivity contribution in [2.75, 3.05) is 13.1 Å². The Bertz CT molecular complexity index is 444. The Morgan fingerprint density at radius 2 is 1.82 bits per heavy atom. The maximum Gasteiger partial charge on any atom is 0.223 e. The number of hydrogen-bond donors (Lipinski definition) is 2. The summed E-state index contributed by atoms with van der Waals surface area (Å²) in [7, 11) is 0. The third-order valence-corrected chi connectivity index (χ3v) is 4.91. The lowest BCUT2D eigenvalue weighted by Gasteiger charge is -2.34. The zero-order valence-corrected chi connectivity index (χ0v) is 14.7. The second-order valence-electron chi connectivity index (χ2n) is 6.18. The van der Waals surface area contributed by atoms with Crippen LogP contribution in [0, 0.1) is 17.8 Å². The molecular formula is C18H29ClN2O. The molecule has 0 saturated carbocycles. The molecule has 3 nitrogen and oxygen atoms in total. The summed E-state index contributed by atoms with van der Waals surface area (Å²) in [5.41, 5.74) is 1.22. The van der Waals surface area contributed by atoms with E-state index < -0.39 is 0 Å². The fourth-order valence-corrected chi connectivity index (χ4v) is 3.06. The SMILES string of the molecule is CCC(CC)C(NC(=O)C(C)C1CNC1)c1ccccc1.Cl. The fourth-order valence-electron chi connectivity index (χ4n) is 3.06. The van der Waals surface area contributed by atoms with Crippen molar-refractivity contribution in [3.63, 3.8) is 0 Å². The second-order valence-corrected chi connectivity index (χ2v) is 6.18. The van der Waals surface area contributed by atoms with Crippen molar-refractivity contribution in [1.29, 1.82) is 0 Å². The van der Waals surface area contributed by atoms with Gasteiger partial charge in [-0.2, -0.15) is 0 Å². The first kappa shape index (κ1) is 19.0. The van der Waals surface area contributed by atoms with Crippen LogP contribution >= 0.6 is 12.4 Å². The van der Waals surface area contributed by atoms with Gasteiger partial charge in [-0.25, -0.2) is 0 Å². The maximum atomic E-state index is 12.6. The largest absolute Gasteiger partial charge is 0.349 e. The van der Waals surface area contributed by atoms with E-state index in [4.69, 9.17) is 0 Å². The number of hydrogen-bond acceptors (Lipinski definition) is 2. The summed E-state index contributed by atoms with van der Waals surface area (Å²) < 4.78 is 0. The quantitative estimate of drug-likeness (QED) is 0.805. The average molecular weight is 325 g/mol. The lowest BCUT2D eigenvalue weighted by Crippen LogP contribution is -2.50. The van der Waals surface area contributed by atoms with Gasteiger partial charge < -0.3 is 10.6 Å². The van der Waals surface area contributed by atoms with E-state index in [1.165, 1.54) is 5.56 Å². The number of nitrogens with one attached hydrogen (secondary N) is 2. The van der Waals surface area contributed by atoms with Gasteiger partial charge in [-0.15, -0.1) is 12.4 Å². The molecular weight excluding hydrogens is 296 g/mol. The third-order valence-electron chi connectivity index (χ3n) is 4.91. The smallest absolute Gasteiger partial charge is 0.223 e. The van der Waals surface area contributed by atoms with Gasteiger partial charge in [0.1, 0.15) is 0 Å². The fraction of sp³-hybridized carbons (Fsp3) is 0.611. The van der Waals surface area contributed by atoms with Gasteiger partial charge in [0.25, 0.3) is 0 Å². The van der Waals surface area contributed by atoms with Crippen molar-refractivity contribution in [1.82, 2.24) is 10.6 Å². The number of carbonyl (C=O) groups is 1. The Morgan fingerprint density at radius 1 is 1.23 bits per heavy atom. The van der Waals surface area contributed by atoms with Crippen LogP contribution in [-0.4, -0.2) is 19.0 Å². The summed E-state index contributed by atoms with van der Waals surface area (Å²) in [6.07, 6.45) is 2.16. The maximum absolute atomic E-state index is 12.6. The number of halogens is 1. The average Bonchev–Trinajstić information content (AvgIpc) is 2.46. The minimum atomic E-state index is 0. The van der Waals surface area contributed by atoms with Crippen LogP contribution in [0.1, 0.15) is 45.2 Å². The molecule has 2 atom stereocenters. The van der Waals surface area contributed by atoms with Crippen LogP contribution in [0.5, 0.6) is 0 Å². The lowest BCUT2D eigenvalue weighted by molar-refractivity contribution is -0.127. The normalized spacial score (nSPS) is 17.3. The topological polar surface area (TPSA) is 41.1 Å². The minimum absolute atomic E-state index is 0. The Labute approximate surface area is 140 Å². The molecule has 0 aromatic heterocycles. The van der Waals surface area contributed by atoms with Gasteiger partial charge in [0.15, 0.2) is 0 Å². The molecule has 4 heteroatoms. The van der Waals surface area contributed by atoms with E-state index in [9.17, 15) is 4.79 Å². The molecule has 1 aliphatic rings. The number of carbonyl (C=O) groups excluding carboxylic acids is 1. The summed E-state index contributed by atoms with van der Waals surface area (Å²) >= 11 is 0. The second kappa shape index (κ2) is 9.16. The van der Waals surface area contributed by atoms with Gasteiger partial charge >= 0.3 is 0 Å². The van der Waals surface area contributed by atoms with E-state index >= 15 is 0 Å². The van der Waals surface area contributed by atoms with Gasteiger partial charge in [0.2, 0.25) is 5.91 Å². The van der Waals surface area contributed by atoms with Crippen LogP contribution in [0.2, 0.25) is 0 Å².